The molecule has 0 fully saturated rings. The lowest BCUT2D eigenvalue weighted by molar-refractivity contribution is 1.09. The van der Waals surface area contributed by atoms with E-state index in [9.17, 15) is 5.26 Å². The van der Waals surface area contributed by atoms with Crippen LogP contribution in [-0.4, -0.2) is 13.7 Å². The predicted molar refractivity (Wildman–Crippen MR) is 315 cm³/mol. The van der Waals surface area contributed by atoms with Gasteiger partial charge in [-0.1, -0.05) is 180 Å². The van der Waals surface area contributed by atoms with Crippen molar-refractivity contribution in [1.29, 1.82) is 5.26 Å². The molecule has 0 unspecified atom stereocenters. The third-order valence-electron chi connectivity index (χ3n) is 15.5. The first kappa shape index (κ1) is 44.0. The molecule has 4 nitrogen and oxygen atoms in total. The third kappa shape index (κ3) is 6.89. The Morgan fingerprint density at radius 3 is 0.840 bits per heavy atom. The number of hydrogen-bond donors (Lipinski definition) is 0. The standard InChI is InChI=1S/C71H50N4/c1-44-25-31-61-54(37-44)55-38-45(2)26-32-62(55)73(61)69-60(43-72)70(74-63-33-27-46(3)39-56(63)57-40-47(4)28-34-64(57)74)68(51-23-15-8-16-24-51)71(67(69)50-21-13-7-14-22-50)75-65-35-29-52(48-17-9-5-10-18-48)41-58(65)59-42-53(30-36-66(59)75)49-19-11-6-12-20-49/h5-42H,1-4H3. The summed E-state index contributed by atoms with van der Waals surface area (Å²) in [5.41, 5.74) is 22.7. The molecule has 0 radical (unpaired) electrons. The fourth-order valence-electron chi connectivity index (χ4n) is 12.1. The molecule has 0 aliphatic rings. The van der Waals surface area contributed by atoms with Gasteiger partial charge in [0.15, 0.2) is 0 Å². The molecule has 11 aromatic carbocycles. The molecule has 0 saturated carbocycles. The Labute approximate surface area is 435 Å². The molecule has 14 rings (SSSR count). The van der Waals surface area contributed by atoms with E-state index in [2.05, 4.69) is 278 Å². The summed E-state index contributed by atoms with van der Waals surface area (Å²) in [6.45, 7) is 8.67. The number of fused-ring (bicyclic) bond motifs is 9. The molecule has 3 aromatic heterocycles. The second-order valence-corrected chi connectivity index (χ2v) is 20.3. The van der Waals surface area contributed by atoms with E-state index in [0.29, 0.717) is 5.56 Å². The van der Waals surface area contributed by atoms with Gasteiger partial charge < -0.3 is 13.7 Å². The van der Waals surface area contributed by atoms with Gasteiger partial charge >= 0.3 is 0 Å². The van der Waals surface area contributed by atoms with E-state index in [4.69, 9.17) is 0 Å². The Kier molecular flexibility index (Phi) is 10.1. The lowest BCUT2D eigenvalue weighted by atomic mass is 9.88. The van der Waals surface area contributed by atoms with E-state index in [1.165, 1.54) is 22.3 Å². The molecule has 354 valence electrons. The first-order valence-electron chi connectivity index (χ1n) is 25.8. The van der Waals surface area contributed by atoms with Crippen molar-refractivity contribution in [3.05, 3.63) is 258 Å². The van der Waals surface area contributed by atoms with E-state index in [-0.39, 0.29) is 0 Å². The second kappa shape index (κ2) is 17.2. The van der Waals surface area contributed by atoms with Crippen molar-refractivity contribution in [2.45, 2.75) is 27.7 Å². The second-order valence-electron chi connectivity index (χ2n) is 20.3. The minimum Gasteiger partial charge on any atom is -0.308 e. The maximum absolute atomic E-state index is 12.6. The minimum absolute atomic E-state index is 0.579. The highest BCUT2D eigenvalue weighted by Gasteiger charge is 2.34. The lowest BCUT2D eigenvalue weighted by Gasteiger charge is -2.28. The zero-order valence-corrected chi connectivity index (χ0v) is 42.2. The molecule has 14 aromatic rings. The first-order chi connectivity index (χ1) is 36.8. The van der Waals surface area contributed by atoms with E-state index in [1.807, 2.05) is 0 Å². The Morgan fingerprint density at radius 1 is 0.267 bits per heavy atom. The van der Waals surface area contributed by atoms with Crippen molar-refractivity contribution < 1.29 is 0 Å². The van der Waals surface area contributed by atoms with Crippen LogP contribution >= 0.6 is 0 Å². The first-order valence-corrected chi connectivity index (χ1v) is 25.8. The summed E-state index contributed by atoms with van der Waals surface area (Å²) in [5, 5.41) is 19.4. The molecule has 0 aliphatic heterocycles. The summed E-state index contributed by atoms with van der Waals surface area (Å²) in [7, 11) is 0. The molecule has 75 heavy (non-hydrogen) atoms. The number of aryl methyl sites for hydroxylation is 4. The number of benzene rings is 11. The van der Waals surface area contributed by atoms with Crippen LogP contribution in [0.15, 0.2) is 231 Å². The summed E-state index contributed by atoms with van der Waals surface area (Å²) in [6, 6.07) is 87.0. The van der Waals surface area contributed by atoms with Gasteiger partial charge in [-0.25, -0.2) is 0 Å². The van der Waals surface area contributed by atoms with Gasteiger partial charge in [-0.3, -0.25) is 0 Å². The van der Waals surface area contributed by atoms with Crippen LogP contribution in [0.5, 0.6) is 0 Å². The molecule has 0 saturated heterocycles. The highest BCUT2D eigenvalue weighted by Crippen LogP contribution is 2.52. The van der Waals surface area contributed by atoms with Crippen molar-refractivity contribution >= 4 is 65.4 Å². The van der Waals surface area contributed by atoms with Gasteiger partial charge in [0.1, 0.15) is 11.6 Å². The van der Waals surface area contributed by atoms with Gasteiger partial charge in [-0.2, -0.15) is 5.26 Å². The summed E-state index contributed by atoms with van der Waals surface area (Å²) in [4.78, 5) is 0. The minimum atomic E-state index is 0.579. The van der Waals surface area contributed by atoms with Crippen LogP contribution in [0.2, 0.25) is 0 Å². The highest BCUT2D eigenvalue weighted by atomic mass is 15.1. The van der Waals surface area contributed by atoms with Crippen molar-refractivity contribution in [1.82, 2.24) is 13.7 Å². The molecule has 0 bridgehead atoms. The molecule has 4 heteroatoms. The number of rotatable bonds is 7. The molecule has 0 N–H and O–H groups in total. The van der Waals surface area contributed by atoms with Crippen molar-refractivity contribution in [3.8, 4) is 67.6 Å². The van der Waals surface area contributed by atoms with Gasteiger partial charge in [-0.15, -0.1) is 0 Å². The Hall–Kier alpha value is -9.69. The average molecular weight is 959 g/mol. The van der Waals surface area contributed by atoms with Gasteiger partial charge in [0, 0.05) is 43.4 Å². The van der Waals surface area contributed by atoms with E-state index in [1.54, 1.807) is 0 Å². The predicted octanol–water partition coefficient (Wildman–Crippen LogP) is 18.8. The Balaban J connectivity index is 1.29. The van der Waals surface area contributed by atoms with Gasteiger partial charge in [0.2, 0.25) is 0 Å². The maximum Gasteiger partial charge on any atom is 0.104 e. The van der Waals surface area contributed by atoms with Crippen LogP contribution in [0.1, 0.15) is 27.8 Å². The molecule has 3 heterocycles. The normalized spacial score (nSPS) is 11.7. The molecule has 0 aliphatic carbocycles. The molecule has 0 atom stereocenters. The van der Waals surface area contributed by atoms with E-state index < -0.39 is 0 Å². The average Bonchev–Trinajstić information content (AvgIpc) is 4.20. The van der Waals surface area contributed by atoms with Crippen LogP contribution in [-0.2, 0) is 0 Å². The number of nitriles is 1. The van der Waals surface area contributed by atoms with Gasteiger partial charge in [0.25, 0.3) is 0 Å². The summed E-state index contributed by atoms with van der Waals surface area (Å²) >= 11 is 0. The number of nitrogens with zero attached hydrogens (tertiary/aromatic N) is 4. The molecular formula is C71H50N4. The highest BCUT2D eigenvalue weighted by molar-refractivity contribution is 6.17. The lowest BCUT2D eigenvalue weighted by Crippen LogP contribution is -2.13. The fraction of sp³-hybridized carbons (Fsp3) is 0.0563. The van der Waals surface area contributed by atoms with Crippen molar-refractivity contribution in [3.63, 3.8) is 0 Å². The smallest absolute Gasteiger partial charge is 0.104 e. The largest absolute Gasteiger partial charge is 0.308 e. The summed E-state index contributed by atoms with van der Waals surface area (Å²) in [6.07, 6.45) is 0. The topological polar surface area (TPSA) is 38.6 Å². The maximum atomic E-state index is 12.6. The summed E-state index contributed by atoms with van der Waals surface area (Å²) < 4.78 is 7.34. The number of aromatic nitrogens is 3. The zero-order valence-electron chi connectivity index (χ0n) is 42.2. The Bertz CT molecular complexity index is 4260. The SMILES string of the molecule is Cc1ccc2c(c1)c1cc(C)ccc1n2-c1c(C#N)c(-n2c3ccc(C)cc3c3cc(C)ccc32)c(-c2ccccc2)c(-n2c3ccc(-c4ccccc4)cc3c3cc(-c4ccccc4)ccc32)c1-c1ccccc1. The van der Waals surface area contributed by atoms with E-state index >= 15 is 0 Å². The quantitative estimate of drug-likeness (QED) is 0.157. The van der Waals surface area contributed by atoms with Crippen LogP contribution in [0.4, 0.5) is 0 Å². The summed E-state index contributed by atoms with van der Waals surface area (Å²) in [5.74, 6) is 0. The molecule has 0 spiro atoms. The monoisotopic (exact) mass is 958 g/mol. The van der Waals surface area contributed by atoms with Crippen LogP contribution in [0.3, 0.4) is 0 Å². The number of hydrogen-bond acceptors (Lipinski definition) is 1. The third-order valence-corrected chi connectivity index (χ3v) is 15.5. The van der Waals surface area contributed by atoms with Crippen molar-refractivity contribution in [2.75, 3.05) is 0 Å². The van der Waals surface area contributed by atoms with E-state index in [0.717, 1.165) is 127 Å². The Morgan fingerprint density at radius 2 is 0.533 bits per heavy atom. The van der Waals surface area contributed by atoms with Crippen LogP contribution < -0.4 is 0 Å². The van der Waals surface area contributed by atoms with Crippen LogP contribution in [0, 0.1) is 39.0 Å². The molecule has 0 amide bonds. The molecular weight excluding hydrogens is 909 g/mol. The fourth-order valence-corrected chi connectivity index (χ4v) is 12.1. The zero-order chi connectivity index (χ0) is 50.5. The van der Waals surface area contributed by atoms with Crippen LogP contribution in [0.25, 0.3) is 127 Å². The van der Waals surface area contributed by atoms with Gasteiger partial charge in [-0.05, 0) is 134 Å². The van der Waals surface area contributed by atoms with Gasteiger partial charge in [0.05, 0.1) is 50.2 Å². The van der Waals surface area contributed by atoms with Crippen molar-refractivity contribution in [2.24, 2.45) is 0 Å².